The zero-order valence-corrected chi connectivity index (χ0v) is 14.3. The first-order valence-electron chi connectivity index (χ1n) is 1.28. The summed E-state index contributed by atoms with van der Waals surface area (Å²) < 4.78 is 0. The number of isothiocyanates is 3. The summed E-state index contributed by atoms with van der Waals surface area (Å²) in [4.78, 5) is 0. The fourth-order valence-corrected chi connectivity index (χ4v) is 0. The Bertz CT molecular complexity index is 115. The van der Waals surface area contributed by atoms with Gasteiger partial charge in [0.05, 0.1) is 0 Å². The normalized spacial score (nSPS) is 2.18. The summed E-state index contributed by atoms with van der Waals surface area (Å²) >= 11 is 11.1. The second-order valence-corrected chi connectivity index (χ2v) is 0.822. The molecule has 0 aromatic rings. The maximum absolute atomic E-state index is 7.13. The molecule has 0 heterocycles. The third-order valence-corrected chi connectivity index (χ3v) is 0. The molecule has 0 saturated heterocycles. The van der Waals surface area contributed by atoms with Crippen LogP contribution in [-0.2, 0) is 19.5 Å². The molecule has 0 aromatic heterocycles. The van der Waals surface area contributed by atoms with E-state index in [9.17, 15) is 0 Å². The van der Waals surface area contributed by atoms with Gasteiger partial charge in [0.2, 0.25) is 0 Å². The van der Waals surface area contributed by atoms with Crippen molar-refractivity contribution in [2.24, 2.45) is 0 Å². The first-order valence-corrected chi connectivity index (χ1v) is 2.51. The van der Waals surface area contributed by atoms with Gasteiger partial charge in [-0.3, -0.25) is 0 Å². The summed E-state index contributed by atoms with van der Waals surface area (Å²) in [5.74, 6) is 0. The number of thiocarbonyl (C=S) groups is 3. The summed E-state index contributed by atoms with van der Waals surface area (Å²) in [6.45, 7) is 0. The number of hydrogen-bond acceptors (Lipinski definition) is 3. The summed E-state index contributed by atoms with van der Waals surface area (Å²) in [6, 6.07) is 0. The summed E-state index contributed by atoms with van der Waals surface area (Å²) in [5.41, 5.74) is 0. The van der Waals surface area contributed by atoms with E-state index in [1.165, 1.54) is 15.5 Å². The summed E-state index contributed by atoms with van der Waals surface area (Å²) in [5, 5.41) is 25.4. The molecule has 0 aliphatic rings. The van der Waals surface area contributed by atoms with Crippen molar-refractivity contribution in [2.45, 2.75) is 0 Å². The number of nitrogens with zero attached hydrogens (tertiary/aromatic N) is 3. The average molecular weight is 279 g/mol. The Kier molecular flexibility index (Phi) is 163. The topological polar surface area (TPSA) is 66.9 Å². The molecule has 0 aliphatic heterocycles. The smallest absolute Gasteiger partial charge is 0.753 e. The Labute approximate surface area is 136 Å². The van der Waals surface area contributed by atoms with Crippen molar-refractivity contribution < 1.29 is 70.9 Å². The third-order valence-electron chi connectivity index (χ3n) is 0. The van der Waals surface area contributed by atoms with Crippen LogP contribution in [0.15, 0.2) is 0 Å². The molecule has 0 N–H and O–H groups in total. The van der Waals surface area contributed by atoms with Gasteiger partial charge in [-0.25, -0.2) is 0 Å². The Hall–Kier alpha value is 1.66. The molecule has 48 valence electrons. The van der Waals surface area contributed by atoms with E-state index < -0.39 is 0 Å². The van der Waals surface area contributed by atoms with Crippen molar-refractivity contribution >= 4 is 52.1 Å². The second-order valence-electron chi connectivity index (χ2n) is 0.274. The SMILES string of the molecule is [K+].[N-]=C=S.[N-]=C=S.[N-]=C=S.[Zn+2]. The molecule has 3 nitrogen and oxygen atoms in total. The van der Waals surface area contributed by atoms with E-state index in [4.69, 9.17) is 16.2 Å². The van der Waals surface area contributed by atoms with Crippen molar-refractivity contribution in [1.29, 1.82) is 0 Å². The van der Waals surface area contributed by atoms with Crippen LogP contribution in [0, 0.1) is 0 Å². The minimum atomic E-state index is 0. The third kappa shape index (κ3) is 395. The van der Waals surface area contributed by atoms with Crippen LogP contribution in [0.1, 0.15) is 0 Å². The fourth-order valence-electron chi connectivity index (χ4n) is 0. The van der Waals surface area contributed by atoms with Crippen molar-refractivity contribution in [2.75, 3.05) is 0 Å². The van der Waals surface area contributed by atoms with E-state index in [-0.39, 0.29) is 70.9 Å². The molecule has 8 heteroatoms. The van der Waals surface area contributed by atoms with E-state index in [1.807, 2.05) is 0 Å². The molecule has 0 bridgehead atoms. The molecule has 0 amide bonds. The van der Waals surface area contributed by atoms with Gasteiger partial charge in [-0.2, -0.15) is 15.5 Å². The predicted molar refractivity (Wildman–Crippen MR) is 47.9 cm³/mol. The van der Waals surface area contributed by atoms with Crippen LogP contribution in [0.25, 0.3) is 16.2 Å². The Morgan fingerprint density at radius 3 is 0.727 bits per heavy atom. The molecule has 0 fully saturated rings. The average Bonchev–Trinajstić information content (AvgIpc) is 1.70. The first-order chi connectivity index (χ1) is 4.24. The molecular weight excluding hydrogens is 279 g/mol. The first kappa shape index (κ1) is 29.3. The molecule has 0 spiro atoms. The Morgan fingerprint density at radius 2 is 0.727 bits per heavy atom. The van der Waals surface area contributed by atoms with Crippen LogP contribution in [0.3, 0.4) is 0 Å². The summed E-state index contributed by atoms with van der Waals surface area (Å²) in [7, 11) is 0. The molecule has 0 rings (SSSR count). The van der Waals surface area contributed by atoms with Crippen LogP contribution < -0.4 is 51.4 Å². The monoisotopic (exact) mass is 277 g/mol. The van der Waals surface area contributed by atoms with E-state index in [1.54, 1.807) is 0 Å². The Balaban J connectivity index is -0.0000000150. The van der Waals surface area contributed by atoms with Gasteiger partial charge in [0.1, 0.15) is 0 Å². The van der Waals surface area contributed by atoms with Gasteiger partial charge in [0.25, 0.3) is 0 Å². The second kappa shape index (κ2) is 61.0. The van der Waals surface area contributed by atoms with E-state index >= 15 is 0 Å². The zero-order valence-electron chi connectivity index (χ0n) is 5.77. The minimum Gasteiger partial charge on any atom is -0.753 e. The van der Waals surface area contributed by atoms with Gasteiger partial charge in [-0.1, -0.05) is 36.7 Å². The quantitative estimate of drug-likeness (QED) is 0.324. The van der Waals surface area contributed by atoms with Gasteiger partial charge in [0.15, 0.2) is 0 Å². The molecule has 0 unspecified atom stereocenters. The van der Waals surface area contributed by atoms with Crippen LogP contribution in [-0.4, -0.2) is 15.5 Å². The van der Waals surface area contributed by atoms with Gasteiger partial charge < -0.3 is 16.2 Å². The van der Waals surface area contributed by atoms with Gasteiger partial charge in [0, 0.05) is 0 Å². The van der Waals surface area contributed by atoms with Crippen LogP contribution >= 0.6 is 36.7 Å². The molecule has 0 aromatic carbocycles. The van der Waals surface area contributed by atoms with Crippen molar-refractivity contribution in [3.63, 3.8) is 0 Å². The van der Waals surface area contributed by atoms with Gasteiger partial charge in [-0.05, 0) is 0 Å². The van der Waals surface area contributed by atoms with Crippen molar-refractivity contribution in [3.05, 3.63) is 16.2 Å². The molecule has 0 radical (unpaired) electrons. The molecule has 0 aliphatic carbocycles. The molecule has 11 heavy (non-hydrogen) atoms. The van der Waals surface area contributed by atoms with E-state index in [0.717, 1.165) is 0 Å². The standard InChI is InChI=1S/3CNS.K.Zn/c3*2-1-3;;/q3*-1;+1;+2. The molecule has 0 saturated carbocycles. The van der Waals surface area contributed by atoms with Crippen molar-refractivity contribution in [1.82, 2.24) is 0 Å². The van der Waals surface area contributed by atoms with E-state index in [0.29, 0.717) is 0 Å². The predicted octanol–water partition coefficient (Wildman–Crippen LogP) is -1.02. The maximum Gasteiger partial charge on any atom is 2.00 e. The van der Waals surface area contributed by atoms with Crippen molar-refractivity contribution in [3.8, 4) is 0 Å². The number of hydrogen-bond donors (Lipinski definition) is 0. The molecule has 0 atom stereocenters. The van der Waals surface area contributed by atoms with Gasteiger partial charge in [-0.15, -0.1) is 0 Å². The summed E-state index contributed by atoms with van der Waals surface area (Å²) in [6.07, 6.45) is 0. The van der Waals surface area contributed by atoms with Crippen LogP contribution in [0.4, 0.5) is 0 Å². The minimum absolute atomic E-state index is 0. The Morgan fingerprint density at radius 1 is 0.727 bits per heavy atom. The maximum atomic E-state index is 7.13. The largest absolute Gasteiger partial charge is 2.00 e. The number of rotatable bonds is 0. The van der Waals surface area contributed by atoms with Crippen LogP contribution in [0.5, 0.6) is 0 Å². The van der Waals surface area contributed by atoms with Crippen LogP contribution in [0.2, 0.25) is 0 Å². The molecular formula is C3KN3S3Zn. The fraction of sp³-hybridized carbons (Fsp3) is 0. The van der Waals surface area contributed by atoms with Gasteiger partial charge >= 0.3 is 70.9 Å². The zero-order chi connectivity index (χ0) is 8.12. The van der Waals surface area contributed by atoms with E-state index in [2.05, 4.69) is 36.7 Å².